The maximum atomic E-state index is 12.4. The molecule has 1 N–H and O–H groups in total. The third-order valence-corrected chi connectivity index (χ3v) is 3.53. The minimum Gasteiger partial charge on any atom is -0.619 e. The maximum absolute atomic E-state index is 12.4. The molecule has 6 nitrogen and oxygen atoms in total. The Morgan fingerprint density at radius 1 is 1.13 bits per heavy atom. The normalized spacial score (nSPS) is 14.8. The van der Waals surface area contributed by atoms with Gasteiger partial charge in [-0.3, -0.25) is 4.79 Å². The summed E-state index contributed by atoms with van der Waals surface area (Å²) < 4.78 is 5.97. The molecule has 1 aliphatic carbocycles. The number of aromatic nitrogens is 1. The summed E-state index contributed by atoms with van der Waals surface area (Å²) >= 11 is 0. The monoisotopic (exact) mass is 312 g/mol. The fraction of sp³-hybridized carbons (Fsp3) is 0.235. The van der Waals surface area contributed by atoms with Crippen LogP contribution in [0.25, 0.3) is 0 Å². The zero-order valence-corrected chi connectivity index (χ0v) is 12.3. The number of nitrogens with one attached hydrogen (secondary N) is 1. The molecule has 1 aromatic heterocycles. The zero-order chi connectivity index (χ0) is 16.2. The molecule has 0 spiro atoms. The highest BCUT2D eigenvalue weighted by Gasteiger charge is 2.31. The van der Waals surface area contributed by atoms with Crippen molar-refractivity contribution in [3.8, 4) is 0 Å². The number of ether oxygens (including phenoxy) is 1. The first-order valence-electron chi connectivity index (χ1n) is 7.38. The number of rotatable bonds is 5. The number of hydrogen-bond acceptors (Lipinski definition) is 4. The number of pyridine rings is 1. The summed E-state index contributed by atoms with van der Waals surface area (Å²) in [6.45, 7) is 0. The summed E-state index contributed by atoms with van der Waals surface area (Å²) in [5.74, 6) is -0.979. The van der Waals surface area contributed by atoms with Gasteiger partial charge in [-0.25, -0.2) is 4.79 Å². The summed E-state index contributed by atoms with van der Waals surface area (Å²) in [4.78, 5) is 24.6. The number of carbonyl (C=O) groups is 2. The quantitative estimate of drug-likeness (QED) is 0.515. The van der Waals surface area contributed by atoms with E-state index in [1.54, 1.807) is 24.3 Å². The lowest BCUT2D eigenvalue weighted by atomic mass is 10.1. The standard InChI is InChI=1S/C17H16N2O4/c20-16(18-14-6-7-14)15(12-4-2-1-3-5-12)23-17(21)13-8-10-19(22)11-9-13/h1-5,8-11,14-15H,6-7H2,(H,18,20)/t15-/m0/s1. The number of esters is 1. The predicted molar refractivity (Wildman–Crippen MR) is 81.2 cm³/mol. The van der Waals surface area contributed by atoms with Crippen LogP contribution < -0.4 is 10.0 Å². The van der Waals surface area contributed by atoms with Crippen LogP contribution in [0.5, 0.6) is 0 Å². The van der Waals surface area contributed by atoms with Crippen LogP contribution in [0.4, 0.5) is 0 Å². The molecule has 0 aliphatic heterocycles. The van der Waals surface area contributed by atoms with E-state index in [9.17, 15) is 14.8 Å². The highest BCUT2D eigenvalue weighted by Crippen LogP contribution is 2.23. The Balaban J connectivity index is 1.78. The summed E-state index contributed by atoms with van der Waals surface area (Å²) in [5, 5.41) is 13.9. The van der Waals surface area contributed by atoms with Gasteiger partial charge in [-0.2, -0.15) is 4.73 Å². The molecule has 1 atom stereocenters. The van der Waals surface area contributed by atoms with E-state index in [4.69, 9.17) is 4.74 Å². The van der Waals surface area contributed by atoms with Crippen molar-refractivity contribution in [2.75, 3.05) is 0 Å². The van der Waals surface area contributed by atoms with Crippen LogP contribution >= 0.6 is 0 Å². The second-order valence-corrected chi connectivity index (χ2v) is 5.43. The molecule has 118 valence electrons. The largest absolute Gasteiger partial charge is 0.619 e. The molecule has 1 saturated carbocycles. The third-order valence-electron chi connectivity index (χ3n) is 3.53. The van der Waals surface area contributed by atoms with Gasteiger partial charge in [0.25, 0.3) is 5.91 Å². The van der Waals surface area contributed by atoms with E-state index in [1.165, 1.54) is 24.5 Å². The van der Waals surface area contributed by atoms with E-state index in [-0.39, 0.29) is 17.5 Å². The van der Waals surface area contributed by atoms with Crippen molar-refractivity contribution in [2.24, 2.45) is 0 Å². The molecule has 0 radical (unpaired) electrons. The lowest BCUT2D eigenvalue weighted by Gasteiger charge is -2.18. The number of hydrogen-bond donors (Lipinski definition) is 1. The molecule has 1 aromatic carbocycles. The van der Waals surface area contributed by atoms with Gasteiger partial charge in [0.05, 0.1) is 5.56 Å². The molecule has 1 amide bonds. The van der Waals surface area contributed by atoms with Crippen molar-refractivity contribution in [1.82, 2.24) is 5.32 Å². The van der Waals surface area contributed by atoms with Crippen LogP contribution in [0.2, 0.25) is 0 Å². The van der Waals surface area contributed by atoms with Crippen molar-refractivity contribution in [3.63, 3.8) is 0 Å². The molecule has 3 rings (SSSR count). The van der Waals surface area contributed by atoms with E-state index in [1.807, 2.05) is 6.07 Å². The van der Waals surface area contributed by atoms with Gasteiger partial charge in [0.2, 0.25) is 6.10 Å². The topological polar surface area (TPSA) is 82.3 Å². The molecule has 1 aliphatic rings. The minimum atomic E-state index is -1.01. The maximum Gasteiger partial charge on any atom is 0.339 e. The van der Waals surface area contributed by atoms with Gasteiger partial charge in [0, 0.05) is 23.7 Å². The summed E-state index contributed by atoms with van der Waals surface area (Å²) in [7, 11) is 0. The molecule has 0 unspecified atom stereocenters. The van der Waals surface area contributed by atoms with E-state index < -0.39 is 12.1 Å². The highest BCUT2D eigenvalue weighted by molar-refractivity contribution is 5.92. The molecule has 0 bridgehead atoms. The van der Waals surface area contributed by atoms with Crippen LogP contribution in [0, 0.1) is 5.21 Å². The van der Waals surface area contributed by atoms with Crippen molar-refractivity contribution in [3.05, 3.63) is 71.2 Å². The van der Waals surface area contributed by atoms with Gasteiger partial charge in [-0.05, 0) is 12.8 Å². The van der Waals surface area contributed by atoms with E-state index in [0.29, 0.717) is 10.3 Å². The van der Waals surface area contributed by atoms with E-state index in [0.717, 1.165) is 12.8 Å². The molecule has 0 saturated heterocycles. The first kappa shape index (κ1) is 15.0. The fourth-order valence-corrected chi connectivity index (χ4v) is 2.13. The zero-order valence-electron chi connectivity index (χ0n) is 12.3. The molecule has 2 aromatic rings. The average Bonchev–Trinajstić information content (AvgIpc) is 3.37. The van der Waals surface area contributed by atoms with Gasteiger partial charge < -0.3 is 15.3 Å². The number of benzene rings is 1. The Kier molecular flexibility index (Phi) is 4.23. The fourth-order valence-electron chi connectivity index (χ4n) is 2.13. The smallest absolute Gasteiger partial charge is 0.339 e. The predicted octanol–water partition coefficient (Wildman–Crippen LogP) is 1.50. The van der Waals surface area contributed by atoms with Crippen LogP contribution in [-0.2, 0) is 9.53 Å². The van der Waals surface area contributed by atoms with Crippen LogP contribution in [0.1, 0.15) is 34.9 Å². The van der Waals surface area contributed by atoms with Crippen LogP contribution in [0.3, 0.4) is 0 Å². The molecule has 1 heterocycles. The molecule has 1 fully saturated rings. The van der Waals surface area contributed by atoms with Crippen LogP contribution in [0.15, 0.2) is 54.9 Å². The SMILES string of the molecule is O=C(O[C@H](C(=O)NC1CC1)c1ccccc1)c1cc[n+]([O-])cc1. The van der Waals surface area contributed by atoms with Crippen molar-refractivity contribution in [1.29, 1.82) is 0 Å². The Bertz CT molecular complexity index is 696. The number of carbonyl (C=O) groups excluding carboxylic acids is 2. The van der Waals surface area contributed by atoms with Gasteiger partial charge in [0.15, 0.2) is 12.4 Å². The average molecular weight is 312 g/mol. The third kappa shape index (κ3) is 3.85. The molecule has 6 heteroatoms. The Hall–Kier alpha value is -2.89. The van der Waals surface area contributed by atoms with Gasteiger partial charge in [0.1, 0.15) is 0 Å². The molecule has 23 heavy (non-hydrogen) atoms. The number of nitrogens with zero attached hydrogens (tertiary/aromatic N) is 1. The second kappa shape index (κ2) is 6.48. The lowest BCUT2D eigenvalue weighted by Crippen LogP contribution is -2.33. The first-order chi connectivity index (χ1) is 11.1. The van der Waals surface area contributed by atoms with Crippen molar-refractivity contribution >= 4 is 11.9 Å². The second-order valence-electron chi connectivity index (χ2n) is 5.43. The van der Waals surface area contributed by atoms with Gasteiger partial charge in [-0.1, -0.05) is 30.3 Å². The Labute approximate surface area is 133 Å². The minimum absolute atomic E-state index is 0.170. The van der Waals surface area contributed by atoms with Gasteiger partial charge >= 0.3 is 5.97 Å². The summed E-state index contributed by atoms with van der Waals surface area (Å²) in [6, 6.07) is 11.7. The van der Waals surface area contributed by atoms with Crippen molar-refractivity contribution in [2.45, 2.75) is 25.0 Å². The molecular weight excluding hydrogens is 296 g/mol. The highest BCUT2D eigenvalue weighted by atomic mass is 16.5. The summed E-state index contributed by atoms with van der Waals surface area (Å²) in [6.07, 6.45) is 3.30. The van der Waals surface area contributed by atoms with Gasteiger partial charge in [-0.15, -0.1) is 0 Å². The van der Waals surface area contributed by atoms with E-state index in [2.05, 4.69) is 5.32 Å². The van der Waals surface area contributed by atoms with Crippen molar-refractivity contribution < 1.29 is 19.1 Å². The Morgan fingerprint density at radius 3 is 2.39 bits per heavy atom. The lowest BCUT2D eigenvalue weighted by molar-refractivity contribution is -0.605. The summed E-state index contributed by atoms with van der Waals surface area (Å²) in [5.41, 5.74) is 0.825. The number of amides is 1. The van der Waals surface area contributed by atoms with Crippen LogP contribution in [-0.4, -0.2) is 17.9 Å². The first-order valence-corrected chi connectivity index (χ1v) is 7.38. The van der Waals surface area contributed by atoms with E-state index >= 15 is 0 Å². The molecular formula is C17H16N2O4. The Morgan fingerprint density at radius 2 is 1.78 bits per heavy atom.